The number of amides is 1. The summed E-state index contributed by atoms with van der Waals surface area (Å²) < 4.78 is 5.80. The fourth-order valence-corrected chi connectivity index (χ4v) is 3.31. The van der Waals surface area contributed by atoms with Crippen LogP contribution in [0.3, 0.4) is 0 Å². The number of rotatable bonds is 9. The molecule has 29 heavy (non-hydrogen) atoms. The molecule has 3 rings (SSSR count). The number of fused-ring (bicyclic) bond motifs is 1. The Kier molecular flexibility index (Phi) is 7.59. The van der Waals surface area contributed by atoms with E-state index in [1.165, 1.54) is 0 Å². The number of nitrogens with zero attached hydrogens (tertiary/aromatic N) is 1. The van der Waals surface area contributed by atoms with Crippen molar-refractivity contribution < 1.29 is 9.53 Å². The van der Waals surface area contributed by atoms with Crippen molar-refractivity contribution in [1.82, 2.24) is 0 Å². The number of nitrogens with one attached hydrogen (secondary N) is 1. The summed E-state index contributed by atoms with van der Waals surface area (Å²) in [5.74, 6) is 0.392. The zero-order valence-corrected chi connectivity index (χ0v) is 16.9. The summed E-state index contributed by atoms with van der Waals surface area (Å²) in [7, 11) is 0. The highest BCUT2D eigenvalue weighted by atomic mass is 16.5. The highest BCUT2D eigenvalue weighted by Gasteiger charge is 2.21. The Morgan fingerprint density at radius 3 is 2.97 bits per heavy atom. The number of nitrogens with two attached hydrogens (primary N) is 1. The molecule has 5 heteroatoms. The Labute approximate surface area is 172 Å². The van der Waals surface area contributed by atoms with Gasteiger partial charge < -0.3 is 15.8 Å². The molecule has 1 amide bonds. The zero-order chi connectivity index (χ0) is 20.5. The number of carbonyl (C=O) groups is 1. The number of anilines is 1. The number of hydrogen-bond donors (Lipinski definition) is 2. The summed E-state index contributed by atoms with van der Waals surface area (Å²) in [5, 5.41) is 3.05. The van der Waals surface area contributed by atoms with Crippen LogP contribution in [0.2, 0.25) is 0 Å². The van der Waals surface area contributed by atoms with Gasteiger partial charge in [0.25, 0.3) is 0 Å². The first kappa shape index (κ1) is 20.8. The van der Waals surface area contributed by atoms with Crippen molar-refractivity contribution in [3.8, 4) is 5.75 Å². The Morgan fingerprint density at radius 2 is 2.14 bits per heavy atom. The molecule has 0 fully saturated rings. The van der Waals surface area contributed by atoms with Crippen molar-refractivity contribution in [2.24, 2.45) is 10.7 Å². The van der Waals surface area contributed by atoms with Gasteiger partial charge in [0.05, 0.1) is 19.1 Å². The van der Waals surface area contributed by atoms with Gasteiger partial charge in [-0.3, -0.25) is 9.79 Å². The molecule has 0 radical (unpaired) electrons. The molecular weight excluding hydrogens is 362 g/mol. The lowest BCUT2D eigenvalue weighted by atomic mass is 9.94. The highest BCUT2D eigenvalue weighted by Crippen LogP contribution is 2.26. The van der Waals surface area contributed by atoms with Crippen molar-refractivity contribution in [3.05, 3.63) is 65.2 Å². The maximum atomic E-state index is 13.1. The molecule has 0 spiro atoms. The van der Waals surface area contributed by atoms with Gasteiger partial charge in [-0.2, -0.15) is 0 Å². The maximum absolute atomic E-state index is 13.1. The summed E-state index contributed by atoms with van der Waals surface area (Å²) in [4.78, 5) is 17.4. The smallest absolute Gasteiger partial charge is 0.231 e. The molecular formula is C24H29N3O2. The molecule has 1 unspecified atom stereocenters. The van der Waals surface area contributed by atoms with Crippen LogP contribution < -0.4 is 15.8 Å². The summed E-state index contributed by atoms with van der Waals surface area (Å²) in [6.45, 7) is 3.91. The first-order chi connectivity index (χ1) is 14.2. The molecule has 1 heterocycles. The Hall–Kier alpha value is -2.92. The van der Waals surface area contributed by atoms with E-state index in [0.717, 1.165) is 41.0 Å². The van der Waals surface area contributed by atoms with Crippen LogP contribution >= 0.6 is 0 Å². The number of ether oxygens (including phenoxy) is 1. The van der Waals surface area contributed by atoms with Crippen molar-refractivity contribution in [2.45, 2.75) is 32.1 Å². The molecule has 1 aliphatic rings. The van der Waals surface area contributed by atoms with Gasteiger partial charge in [-0.25, -0.2) is 0 Å². The van der Waals surface area contributed by atoms with Crippen LogP contribution in [0.1, 0.15) is 48.8 Å². The molecule has 152 valence electrons. The third kappa shape index (κ3) is 5.78. The fraction of sp³-hybridized carbons (Fsp3) is 0.333. The highest BCUT2D eigenvalue weighted by molar-refractivity contribution is 5.97. The molecule has 5 nitrogen and oxygen atoms in total. The van der Waals surface area contributed by atoms with E-state index in [9.17, 15) is 4.79 Å². The molecule has 1 atom stereocenters. The predicted molar refractivity (Wildman–Crippen MR) is 120 cm³/mol. The first-order valence-electron chi connectivity index (χ1n) is 10.3. The van der Waals surface area contributed by atoms with Gasteiger partial charge >= 0.3 is 0 Å². The van der Waals surface area contributed by atoms with Crippen molar-refractivity contribution in [1.29, 1.82) is 0 Å². The van der Waals surface area contributed by atoms with Gasteiger partial charge in [0, 0.05) is 17.5 Å². The average Bonchev–Trinajstić information content (AvgIpc) is 2.97. The number of hydrogen-bond acceptors (Lipinski definition) is 4. The molecule has 0 bridgehead atoms. The van der Waals surface area contributed by atoms with Crippen LogP contribution in [0, 0.1) is 0 Å². The van der Waals surface area contributed by atoms with Crippen LogP contribution in [-0.4, -0.2) is 31.8 Å². The Balaban J connectivity index is 1.75. The van der Waals surface area contributed by atoms with Gasteiger partial charge in [-0.15, -0.1) is 0 Å². The van der Waals surface area contributed by atoms with E-state index < -0.39 is 0 Å². The van der Waals surface area contributed by atoms with Gasteiger partial charge in [0.2, 0.25) is 5.91 Å². The third-order valence-electron chi connectivity index (χ3n) is 4.89. The predicted octanol–water partition coefficient (Wildman–Crippen LogP) is 4.38. The standard InChI is InChI=1S/C24H29N3O2/c1-2-3-14-29-22-8-4-6-19(16-22)23(11-12-25)24(28)27-21-10-9-18-7-5-13-26-17-20(18)15-21/h4-10,15-17,23H,2-3,11-14,25H2,1H3,(H,27,28). The van der Waals surface area contributed by atoms with E-state index in [1.54, 1.807) is 0 Å². The van der Waals surface area contributed by atoms with Crippen molar-refractivity contribution >= 4 is 23.9 Å². The van der Waals surface area contributed by atoms with Gasteiger partial charge in [-0.05, 0) is 54.8 Å². The van der Waals surface area contributed by atoms with Crippen LogP contribution in [0.4, 0.5) is 5.69 Å². The van der Waals surface area contributed by atoms with E-state index in [0.29, 0.717) is 26.1 Å². The number of aliphatic imine (C=N–C) groups is 1. The van der Waals surface area contributed by atoms with E-state index >= 15 is 0 Å². The molecule has 1 aliphatic heterocycles. The van der Waals surface area contributed by atoms with Crippen LogP contribution in [0.25, 0.3) is 6.08 Å². The van der Waals surface area contributed by atoms with Crippen molar-refractivity contribution in [2.75, 3.05) is 25.0 Å². The molecule has 2 aromatic carbocycles. The summed E-state index contributed by atoms with van der Waals surface area (Å²) in [6, 6.07) is 13.6. The number of carbonyl (C=O) groups excluding carboxylic acids is 1. The molecule has 0 aliphatic carbocycles. The lowest BCUT2D eigenvalue weighted by Gasteiger charge is -2.18. The minimum Gasteiger partial charge on any atom is -0.494 e. The number of benzene rings is 2. The van der Waals surface area contributed by atoms with E-state index in [-0.39, 0.29) is 11.8 Å². The lowest BCUT2D eigenvalue weighted by molar-refractivity contribution is -0.117. The topological polar surface area (TPSA) is 76.7 Å². The maximum Gasteiger partial charge on any atom is 0.231 e. The SMILES string of the molecule is CCCCOc1cccc(C(CCN)C(=O)Nc2ccc3c(c2)C=NCC=C3)c1. The van der Waals surface area contributed by atoms with E-state index in [4.69, 9.17) is 10.5 Å². The minimum absolute atomic E-state index is 0.0674. The van der Waals surface area contributed by atoms with E-state index in [1.807, 2.05) is 54.8 Å². The van der Waals surface area contributed by atoms with E-state index in [2.05, 4.69) is 23.3 Å². The van der Waals surface area contributed by atoms with Crippen LogP contribution in [0.5, 0.6) is 5.75 Å². The van der Waals surface area contributed by atoms with Gasteiger partial charge in [-0.1, -0.05) is 43.7 Å². The number of unbranched alkanes of at least 4 members (excludes halogenated alkanes) is 1. The van der Waals surface area contributed by atoms with Gasteiger partial charge in [0.15, 0.2) is 0 Å². The summed E-state index contributed by atoms with van der Waals surface area (Å²) in [5.41, 5.74) is 9.58. The Bertz CT molecular complexity index is 889. The minimum atomic E-state index is -0.331. The second kappa shape index (κ2) is 10.6. The van der Waals surface area contributed by atoms with Gasteiger partial charge in [0.1, 0.15) is 5.75 Å². The largest absolute Gasteiger partial charge is 0.494 e. The second-order valence-electron chi connectivity index (χ2n) is 7.13. The lowest BCUT2D eigenvalue weighted by Crippen LogP contribution is -2.23. The van der Waals surface area contributed by atoms with Crippen molar-refractivity contribution in [3.63, 3.8) is 0 Å². The molecule has 0 aromatic heterocycles. The fourth-order valence-electron chi connectivity index (χ4n) is 3.31. The molecule has 3 N–H and O–H groups in total. The summed E-state index contributed by atoms with van der Waals surface area (Å²) in [6.07, 6.45) is 8.58. The first-order valence-corrected chi connectivity index (χ1v) is 10.3. The quantitative estimate of drug-likeness (QED) is 0.623. The normalized spacial score (nSPS) is 13.4. The van der Waals surface area contributed by atoms with Crippen LogP contribution in [0.15, 0.2) is 53.5 Å². The molecule has 0 saturated heterocycles. The zero-order valence-electron chi connectivity index (χ0n) is 16.9. The Morgan fingerprint density at radius 1 is 1.24 bits per heavy atom. The molecule has 2 aromatic rings. The monoisotopic (exact) mass is 391 g/mol. The van der Waals surface area contributed by atoms with Crippen LogP contribution in [-0.2, 0) is 4.79 Å². The summed E-state index contributed by atoms with van der Waals surface area (Å²) >= 11 is 0. The second-order valence-corrected chi connectivity index (χ2v) is 7.13. The molecule has 0 saturated carbocycles. The third-order valence-corrected chi connectivity index (χ3v) is 4.89. The average molecular weight is 392 g/mol.